The molecular weight excluding hydrogens is 374 g/mol. The zero-order chi connectivity index (χ0) is 22.1. The molecule has 3 aromatic rings. The van der Waals surface area contributed by atoms with E-state index in [0.717, 1.165) is 54.5 Å². The average Bonchev–Trinajstić information content (AvgIpc) is 3.22. The summed E-state index contributed by atoms with van der Waals surface area (Å²) in [6, 6.07) is 12.1. The highest BCUT2D eigenvalue weighted by Crippen LogP contribution is 2.30. The number of hydrogen-bond acceptors (Lipinski definition) is 0. The van der Waals surface area contributed by atoms with Crippen LogP contribution < -0.4 is 15.7 Å². The molecular formula is C30H27N. The Labute approximate surface area is 183 Å². The van der Waals surface area contributed by atoms with Crippen molar-refractivity contribution in [1.82, 2.24) is 4.40 Å². The maximum atomic E-state index is 4.48. The van der Waals surface area contributed by atoms with E-state index in [0.29, 0.717) is 5.92 Å². The van der Waals surface area contributed by atoms with Crippen LogP contribution >= 0.6 is 0 Å². The van der Waals surface area contributed by atoms with Gasteiger partial charge in [-0.3, -0.25) is 0 Å². The zero-order valence-electron chi connectivity index (χ0n) is 18.1. The highest BCUT2D eigenvalue weighted by molar-refractivity contribution is 6.01. The molecule has 1 aliphatic carbocycles. The predicted molar refractivity (Wildman–Crippen MR) is 139 cm³/mol. The molecule has 0 amide bonds. The van der Waals surface area contributed by atoms with Crippen LogP contribution in [0.3, 0.4) is 0 Å². The Hall–Kier alpha value is -3.84. The molecule has 2 aromatic heterocycles. The summed E-state index contributed by atoms with van der Waals surface area (Å²) in [4.78, 5) is 0. The number of hydrogen-bond donors (Lipinski definition) is 0. The molecule has 2 heterocycles. The highest BCUT2D eigenvalue weighted by Gasteiger charge is 2.19. The van der Waals surface area contributed by atoms with Crippen molar-refractivity contribution >= 4 is 53.9 Å². The van der Waals surface area contributed by atoms with Crippen LogP contribution in [0, 0.1) is 5.92 Å². The standard InChI is InChI=1S/C30H27N/c1-7-25-29-23(5)15-11-9-13-21(3)17-19-27(29)31-26-18-16-20(2)12-8-10-14-22(4)28(26)24(6)30(25)31/h7-20H,1,3-6H2,2H3/b12-8-,13-9?,14-10-,15-11?,18-16?,19-17?. The summed E-state index contributed by atoms with van der Waals surface area (Å²) in [5.41, 5.74) is 6.19. The average molecular weight is 402 g/mol. The Morgan fingerprint density at radius 1 is 0.903 bits per heavy atom. The van der Waals surface area contributed by atoms with Crippen molar-refractivity contribution < 1.29 is 0 Å². The van der Waals surface area contributed by atoms with Crippen molar-refractivity contribution in [1.29, 1.82) is 0 Å². The van der Waals surface area contributed by atoms with E-state index in [1.54, 1.807) is 0 Å². The Morgan fingerprint density at radius 2 is 1.68 bits per heavy atom. The minimum absolute atomic E-state index is 0.309. The Morgan fingerprint density at radius 3 is 2.45 bits per heavy atom. The molecule has 1 atom stereocenters. The first-order valence-electron chi connectivity index (χ1n) is 10.4. The molecule has 0 saturated carbocycles. The number of allylic oxidation sites excluding steroid dienone is 6. The summed E-state index contributed by atoms with van der Waals surface area (Å²) in [5.74, 6) is 0.309. The van der Waals surface area contributed by atoms with Crippen molar-refractivity contribution in [2.24, 2.45) is 5.92 Å². The fourth-order valence-electron chi connectivity index (χ4n) is 4.23. The molecule has 31 heavy (non-hydrogen) atoms. The van der Waals surface area contributed by atoms with E-state index in [-0.39, 0.29) is 0 Å². The molecule has 0 N–H and O–H groups in total. The van der Waals surface area contributed by atoms with Crippen LogP contribution in [0.1, 0.15) is 23.7 Å². The first-order valence-corrected chi connectivity index (χ1v) is 10.4. The lowest BCUT2D eigenvalue weighted by Crippen LogP contribution is -2.04. The van der Waals surface area contributed by atoms with Gasteiger partial charge in [-0.25, -0.2) is 0 Å². The molecule has 4 rings (SSSR count). The van der Waals surface area contributed by atoms with Gasteiger partial charge in [0.2, 0.25) is 0 Å². The summed E-state index contributed by atoms with van der Waals surface area (Å²) < 4.78 is 2.27. The third-order valence-corrected chi connectivity index (χ3v) is 5.73. The van der Waals surface area contributed by atoms with Gasteiger partial charge in [0.05, 0.1) is 16.7 Å². The summed E-state index contributed by atoms with van der Waals surface area (Å²) in [7, 11) is 0. The van der Waals surface area contributed by atoms with Gasteiger partial charge < -0.3 is 4.40 Å². The molecule has 1 aliphatic rings. The van der Waals surface area contributed by atoms with E-state index in [1.165, 1.54) is 0 Å². The van der Waals surface area contributed by atoms with E-state index >= 15 is 0 Å². The predicted octanol–water partition coefficient (Wildman–Crippen LogP) is 5.60. The van der Waals surface area contributed by atoms with E-state index in [2.05, 4.69) is 74.6 Å². The van der Waals surface area contributed by atoms with Crippen molar-refractivity contribution in [3.8, 4) is 0 Å². The maximum absolute atomic E-state index is 4.48. The van der Waals surface area contributed by atoms with E-state index < -0.39 is 0 Å². The third kappa shape index (κ3) is 3.49. The lowest BCUT2D eigenvalue weighted by atomic mass is 10.0. The minimum atomic E-state index is 0.309. The summed E-state index contributed by atoms with van der Waals surface area (Å²) in [5, 5.41) is 3.87. The van der Waals surface area contributed by atoms with Crippen molar-refractivity contribution in [3.05, 3.63) is 112 Å². The second-order valence-electron chi connectivity index (χ2n) is 7.94. The molecule has 0 radical (unpaired) electrons. The van der Waals surface area contributed by atoms with Gasteiger partial charge in [-0.1, -0.05) is 107 Å². The number of fused-ring (bicyclic) bond motifs is 5. The molecule has 1 unspecified atom stereocenters. The van der Waals surface area contributed by atoms with Crippen molar-refractivity contribution in [2.75, 3.05) is 0 Å². The van der Waals surface area contributed by atoms with Crippen molar-refractivity contribution in [2.45, 2.75) is 6.92 Å². The lowest BCUT2D eigenvalue weighted by molar-refractivity contribution is 0.944. The van der Waals surface area contributed by atoms with E-state index in [4.69, 9.17) is 0 Å². The second-order valence-corrected chi connectivity index (χ2v) is 7.94. The van der Waals surface area contributed by atoms with Gasteiger partial charge in [0.15, 0.2) is 0 Å². The summed E-state index contributed by atoms with van der Waals surface area (Å²) >= 11 is 0. The van der Waals surface area contributed by atoms with Crippen molar-refractivity contribution in [3.63, 3.8) is 0 Å². The van der Waals surface area contributed by atoms with Crippen LogP contribution in [0.5, 0.6) is 0 Å². The van der Waals surface area contributed by atoms with Gasteiger partial charge >= 0.3 is 0 Å². The largest absolute Gasteiger partial charge is 0.308 e. The Bertz CT molecular complexity index is 1520. The van der Waals surface area contributed by atoms with Crippen LogP contribution in [0.15, 0.2) is 79.9 Å². The summed E-state index contributed by atoms with van der Waals surface area (Å²) in [6.45, 7) is 23.6. The molecule has 0 bridgehead atoms. The second kappa shape index (κ2) is 8.12. The van der Waals surface area contributed by atoms with Crippen LogP contribution in [0.2, 0.25) is 0 Å². The number of nitrogens with zero attached hydrogens (tertiary/aromatic N) is 1. The van der Waals surface area contributed by atoms with Gasteiger partial charge in [0.1, 0.15) is 0 Å². The summed E-state index contributed by atoms with van der Waals surface area (Å²) in [6.07, 6.45) is 14.6. The van der Waals surface area contributed by atoms with E-state index in [1.807, 2.05) is 48.6 Å². The van der Waals surface area contributed by atoms with Gasteiger partial charge in [0, 0.05) is 21.7 Å². The number of rotatable bonds is 1. The molecule has 1 heteroatoms. The molecule has 0 spiro atoms. The van der Waals surface area contributed by atoms with Crippen LogP contribution in [-0.4, -0.2) is 4.40 Å². The SMILES string of the molecule is C=Cc1c2c(=C)ccccc(=C)ccc2n2c3c(c(=C)c12)C(=C)/C=C\C=C/C(C)C=C3. The monoisotopic (exact) mass is 401 g/mol. The fourth-order valence-corrected chi connectivity index (χ4v) is 4.23. The molecule has 152 valence electrons. The molecule has 0 fully saturated rings. The third-order valence-electron chi connectivity index (χ3n) is 5.73. The Balaban J connectivity index is 2.33. The zero-order valence-corrected chi connectivity index (χ0v) is 18.1. The Kier molecular flexibility index (Phi) is 5.35. The maximum Gasteiger partial charge on any atom is 0.0614 e. The fraction of sp³-hybridized carbons (Fsp3) is 0.0667. The normalized spacial score (nSPS) is 17.8. The lowest BCUT2D eigenvalue weighted by Gasteiger charge is -2.06. The minimum Gasteiger partial charge on any atom is -0.308 e. The molecule has 0 saturated heterocycles. The first-order chi connectivity index (χ1) is 14.9. The van der Waals surface area contributed by atoms with Crippen LogP contribution in [-0.2, 0) is 0 Å². The van der Waals surface area contributed by atoms with Crippen LogP contribution in [0.25, 0.3) is 53.9 Å². The molecule has 1 nitrogen and oxygen atoms in total. The van der Waals surface area contributed by atoms with Gasteiger partial charge in [-0.2, -0.15) is 0 Å². The van der Waals surface area contributed by atoms with Gasteiger partial charge in [-0.05, 0) is 34.1 Å². The highest BCUT2D eigenvalue weighted by atomic mass is 14.9. The molecule has 1 aromatic carbocycles. The first kappa shape index (κ1) is 20.4. The smallest absolute Gasteiger partial charge is 0.0614 e. The van der Waals surface area contributed by atoms with E-state index in [9.17, 15) is 0 Å². The molecule has 0 aliphatic heterocycles. The quantitative estimate of drug-likeness (QED) is 0.500. The van der Waals surface area contributed by atoms with Gasteiger partial charge in [-0.15, -0.1) is 0 Å². The van der Waals surface area contributed by atoms with Gasteiger partial charge in [0.25, 0.3) is 0 Å². The van der Waals surface area contributed by atoms with Crippen LogP contribution in [0.4, 0.5) is 0 Å². The number of aromatic nitrogens is 1. The topological polar surface area (TPSA) is 4.41 Å².